The summed E-state index contributed by atoms with van der Waals surface area (Å²) >= 11 is 1.65. The summed E-state index contributed by atoms with van der Waals surface area (Å²) in [7, 11) is 1.61. The van der Waals surface area contributed by atoms with E-state index in [1.807, 2.05) is 31.2 Å². The summed E-state index contributed by atoms with van der Waals surface area (Å²) in [5, 5.41) is 1.00. The maximum absolute atomic E-state index is 6.08. The van der Waals surface area contributed by atoms with Gasteiger partial charge in [-0.2, -0.15) is 0 Å². The summed E-state index contributed by atoms with van der Waals surface area (Å²) in [4.78, 5) is 15.6. The van der Waals surface area contributed by atoms with Gasteiger partial charge in [0.25, 0.3) is 0 Å². The smallest absolute Gasteiger partial charge is 0.216 e. The third-order valence-electron chi connectivity index (χ3n) is 4.29. The van der Waals surface area contributed by atoms with Gasteiger partial charge in [-0.25, -0.2) is 15.0 Å². The van der Waals surface area contributed by atoms with Crippen LogP contribution in [0.4, 0.5) is 5.69 Å². The monoisotopic (exact) mass is 372 g/mol. The van der Waals surface area contributed by atoms with Crippen LogP contribution in [-0.2, 0) is 0 Å². The Labute approximate surface area is 158 Å². The molecule has 0 atom stereocenters. The van der Waals surface area contributed by atoms with Gasteiger partial charge in [0, 0.05) is 43.8 Å². The fourth-order valence-corrected chi connectivity index (χ4v) is 3.47. The van der Waals surface area contributed by atoms with Crippen molar-refractivity contribution in [1.82, 2.24) is 14.9 Å². The minimum absolute atomic E-state index is 0.200. The highest BCUT2D eigenvalue weighted by Gasteiger charge is 2.23. The first kappa shape index (κ1) is 18.5. The zero-order valence-electron chi connectivity index (χ0n) is 15.4. The molecule has 1 fully saturated rings. The van der Waals surface area contributed by atoms with Crippen molar-refractivity contribution in [2.75, 3.05) is 26.5 Å². The van der Waals surface area contributed by atoms with Crippen LogP contribution in [0, 0.1) is 6.92 Å². The van der Waals surface area contributed by atoms with Crippen LogP contribution in [-0.4, -0.2) is 52.6 Å². The highest BCUT2D eigenvalue weighted by Crippen LogP contribution is 2.23. The van der Waals surface area contributed by atoms with Crippen LogP contribution in [0.15, 0.2) is 41.7 Å². The van der Waals surface area contributed by atoms with Crippen LogP contribution in [0.3, 0.4) is 0 Å². The summed E-state index contributed by atoms with van der Waals surface area (Å²) in [6.07, 6.45) is 7.67. The lowest BCUT2D eigenvalue weighted by Crippen LogP contribution is -2.40. The number of nitrogens with zero attached hydrogens (tertiary/aromatic N) is 4. The third-order valence-corrected chi connectivity index (χ3v) is 5.00. The topological polar surface area (TPSA) is 59.8 Å². The Hall–Kier alpha value is -2.28. The summed E-state index contributed by atoms with van der Waals surface area (Å²) in [5.74, 6) is 1.34. The predicted octanol–water partition coefficient (Wildman–Crippen LogP) is 3.69. The molecule has 2 aromatic heterocycles. The predicted molar refractivity (Wildman–Crippen MR) is 106 cm³/mol. The fourth-order valence-electron chi connectivity index (χ4n) is 2.83. The molecule has 0 unspecified atom stereocenters. The Bertz CT molecular complexity index is 743. The second-order valence-electron chi connectivity index (χ2n) is 6.09. The fraction of sp³-hybridized carbons (Fsp3) is 0.421. The van der Waals surface area contributed by atoms with Crippen molar-refractivity contribution in [2.45, 2.75) is 25.9 Å². The molecule has 0 aromatic carbocycles. The first-order valence-electron chi connectivity index (χ1n) is 8.65. The Morgan fingerprint density at radius 1 is 1.23 bits per heavy atom. The Morgan fingerprint density at radius 3 is 2.65 bits per heavy atom. The molecular formula is C19H24N4O2S. The van der Waals surface area contributed by atoms with E-state index >= 15 is 0 Å². The van der Waals surface area contributed by atoms with E-state index in [-0.39, 0.29) is 6.10 Å². The van der Waals surface area contributed by atoms with Crippen molar-refractivity contribution in [3.63, 3.8) is 0 Å². The number of ether oxygens (including phenoxy) is 2. The molecule has 1 saturated heterocycles. The minimum atomic E-state index is 0.200. The van der Waals surface area contributed by atoms with Gasteiger partial charge in [0.1, 0.15) is 6.10 Å². The lowest BCUT2D eigenvalue weighted by atomic mass is 10.1. The SMILES string of the molecule is COc1ccc(/N=C(\SC)N2CCC(Oc3ncccc3C)CC2)cn1. The van der Waals surface area contributed by atoms with Crippen LogP contribution in [0.25, 0.3) is 0 Å². The van der Waals surface area contributed by atoms with E-state index in [0.29, 0.717) is 5.88 Å². The molecule has 3 heterocycles. The molecule has 3 rings (SSSR count). The largest absolute Gasteiger partial charge is 0.481 e. The lowest BCUT2D eigenvalue weighted by Gasteiger charge is -2.33. The Balaban J connectivity index is 1.60. The second kappa shape index (κ2) is 8.89. The van der Waals surface area contributed by atoms with E-state index < -0.39 is 0 Å². The number of pyridine rings is 2. The van der Waals surface area contributed by atoms with Gasteiger partial charge in [-0.3, -0.25) is 0 Å². The van der Waals surface area contributed by atoms with Gasteiger partial charge >= 0.3 is 0 Å². The van der Waals surface area contributed by atoms with Crippen molar-refractivity contribution < 1.29 is 9.47 Å². The van der Waals surface area contributed by atoms with Gasteiger partial charge in [0.15, 0.2) is 5.17 Å². The Morgan fingerprint density at radius 2 is 2.04 bits per heavy atom. The van der Waals surface area contributed by atoms with Crippen LogP contribution in [0.2, 0.25) is 0 Å². The van der Waals surface area contributed by atoms with Crippen molar-refractivity contribution in [2.24, 2.45) is 4.99 Å². The van der Waals surface area contributed by atoms with E-state index in [1.54, 1.807) is 31.3 Å². The van der Waals surface area contributed by atoms with Crippen LogP contribution in [0.5, 0.6) is 11.8 Å². The average molecular weight is 372 g/mol. The van der Waals surface area contributed by atoms with Gasteiger partial charge in [0.2, 0.25) is 11.8 Å². The van der Waals surface area contributed by atoms with E-state index in [9.17, 15) is 0 Å². The normalized spacial score (nSPS) is 15.8. The molecule has 7 heteroatoms. The maximum Gasteiger partial charge on any atom is 0.216 e. The molecule has 0 bridgehead atoms. The number of hydrogen-bond donors (Lipinski definition) is 0. The number of methoxy groups -OCH3 is 1. The second-order valence-corrected chi connectivity index (χ2v) is 6.86. The quantitative estimate of drug-likeness (QED) is 0.603. The van der Waals surface area contributed by atoms with Crippen molar-refractivity contribution >= 4 is 22.6 Å². The number of thioether (sulfide) groups is 1. The summed E-state index contributed by atoms with van der Waals surface area (Å²) < 4.78 is 11.2. The third kappa shape index (κ3) is 4.66. The molecule has 26 heavy (non-hydrogen) atoms. The Kier molecular flexibility index (Phi) is 6.33. The highest BCUT2D eigenvalue weighted by molar-refractivity contribution is 8.13. The lowest BCUT2D eigenvalue weighted by molar-refractivity contribution is 0.126. The average Bonchev–Trinajstić information content (AvgIpc) is 2.69. The molecule has 0 amide bonds. The standard InChI is InChI=1S/C19H24N4O2S/c1-14-5-4-10-20-18(14)25-16-8-11-23(12-9-16)19(26-3)22-15-6-7-17(24-2)21-13-15/h4-7,10,13,16H,8-9,11-12H2,1-3H3/b22-19-. The molecular weight excluding hydrogens is 348 g/mol. The van der Waals surface area contributed by atoms with Crippen LogP contribution in [0.1, 0.15) is 18.4 Å². The molecule has 2 aromatic rings. The van der Waals surface area contributed by atoms with E-state index in [1.165, 1.54) is 0 Å². The van der Waals surface area contributed by atoms with E-state index in [2.05, 4.69) is 21.1 Å². The number of hydrogen-bond acceptors (Lipinski definition) is 6. The van der Waals surface area contributed by atoms with E-state index in [4.69, 9.17) is 14.5 Å². The number of piperidine rings is 1. The van der Waals surface area contributed by atoms with Gasteiger partial charge in [-0.05, 0) is 25.3 Å². The zero-order valence-corrected chi connectivity index (χ0v) is 16.2. The maximum atomic E-state index is 6.08. The zero-order chi connectivity index (χ0) is 18.4. The summed E-state index contributed by atoms with van der Waals surface area (Å²) in [6.45, 7) is 3.86. The number of aromatic nitrogens is 2. The molecule has 1 aliphatic rings. The first-order chi connectivity index (χ1) is 12.7. The molecule has 0 saturated carbocycles. The van der Waals surface area contributed by atoms with Crippen LogP contribution < -0.4 is 9.47 Å². The number of amidine groups is 1. The van der Waals surface area contributed by atoms with Crippen molar-refractivity contribution in [3.8, 4) is 11.8 Å². The summed E-state index contributed by atoms with van der Waals surface area (Å²) in [6, 6.07) is 7.70. The number of likely N-dealkylation sites (tertiary alicyclic amines) is 1. The molecule has 1 aliphatic heterocycles. The van der Waals surface area contributed by atoms with Crippen LogP contribution >= 0.6 is 11.8 Å². The molecule has 0 aliphatic carbocycles. The van der Waals surface area contributed by atoms with Gasteiger partial charge < -0.3 is 14.4 Å². The van der Waals surface area contributed by atoms with Gasteiger partial charge in [-0.15, -0.1) is 0 Å². The highest BCUT2D eigenvalue weighted by atomic mass is 32.2. The minimum Gasteiger partial charge on any atom is -0.481 e. The van der Waals surface area contributed by atoms with E-state index in [0.717, 1.165) is 48.2 Å². The number of rotatable bonds is 4. The van der Waals surface area contributed by atoms with Crippen molar-refractivity contribution in [1.29, 1.82) is 0 Å². The first-order valence-corrected chi connectivity index (χ1v) is 9.88. The van der Waals surface area contributed by atoms with Gasteiger partial charge in [-0.1, -0.05) is 17.8 Å². The molecule has 0 N–H and O–H groups in total. The van der Waals surface area contributed by atoms with Gasteiger partial charge in [0.05, 0.1) is 19.0 Å². The summed E-state index contributed by atoms with van der Waals surface area (Å²) in [5.41, 5.74) is 1.91. The molecule has 138 valence electrons. The van der Waals surface area contributed by atoms with Crippen molar-refractivity contribution in [3.05, 3.63) is 42.2 Å². The number of aryl methyl sites for hydroxylation is 1. The molecule has 0 radical (unpaired) electrons. The molecule has 6 nitrogen and oxygen atoms in total. The number of aliphatic imine (C=N–C) groups is 1. The molecule has 0 spiro atoms.